The zero-order valence-corrected chi connectivity index (χ0v) is 11.7. The summed E-state index contributed by atoms with van der Waals surface area (Å²) >= 11 is 5.82. The molecular formula is C13H18ClN3O2. The number of likely N-dealkylation sites (tertiary alicyclic amines) is 1. The van der Waals surface area contributed by atoms with Crippen LogP contribution in [0.4, 0.5) is 10.5 Å². The fraction of sp³-hybridized carbons (Fsp3) is 0.538. The number of anilines is 1. The number of nitrogens with zero attached hydrogens (tertiary/aromatic N) is 2. The molecule has 1 unspecified atom stereocenters. The summed E-state index contributed by atoms with van der Waals surface area (Å²) in [7, 11) is 0. The van der Waals surface area contributed by atoms with E-state index in [0.717, 1.165) is 12.8 Å². The van der Waals surface area contributed by atoms with Crippen LogP contribution in [0.25, 0.3) is 0 Å². The van der Waals surface area contributed by atoms with Gasteiger partial charge in [-0.1, -0.05) is 18.5 Å². The third-order valence-electron chi connectivity index (χ3n) is 3.41. The van der Waals surface area contributed by atoms with Crippen LogP contribution in [0.5, 0.6) is 0 Å². The van der Waals surface area contributed by atoms with Crippen molar-refractivity contribution in [2.45, 2.75) is 19.8 Å². The minimum absolute atomic E-state index is 0.0928. The van der Waals surface area contributed by atoms with E-state index in [1.807, 2.05) is 6.92 Å². The van der Waals surface area contributed by atoms with Crippen molar-refractivity contribution in [3.63, 3.8) is 0 Å². The molecule has 1 fully saturated rings. The summed E-state index contributed by atoms with van der Waals surface area (Å²) in [5.41, 5.74) is 0.371. The average Bonchev–Trinajstić information content (AvgIpc) is 2.39. The molecule has 1 saturated heterocycles. The zero-order valence-electron chi connectivity index (χ0n) is 10.9. The molecule has 2 heterocycles. The van der Waals surface area contributed by atoms with E-state index in [1.54, 1.807) is 17.2 Å². The number of nitrogens with one attached hydrogen (secondary N) is 1. The van der Waals surface area contributed by atoms with Crippen molar-refractivity contribution in [2.24, 2.45) is 5.41 Å². The molecule has 0 saturated carbocycles. The molecule has 1 aliphatic heterocycles. The smallest absolute Gasteiger partial charge is 0.321 e. The second kappa shape index (κ2) is 5.75. The Labute approximate surface area is 117 Å². The lowest BCUT2D eigenvalue weighted by Gasteiger charge is -2.39. The van der Waals surface area contributed by atoms with E-state index >= 15 is 0 Å². The van der Waals surface area contributed by atoms with E-state index in [4.69, 9.17) is 11.6 Å². The van der Waals surface area contributed by atoms with E-state index in [-0.39, 0.29) is 18.1 Å². The van der Waals surface area contributed by atoms with Crippen LogP contribution in [0.3, 0.4) is 0 Å². The van der Waals surface area contributed by atoms with Crippen LogP contribution in [0.15, 0.2) is 18.5 Å². The minimum Gasteiger partial charge on any atom is -0.396 e. The Hall–Kier alpha value is -1.33. The minimum atomic E-state index is -0.206. The number of amides is 2. The van der Waals surface area contributed by atoms with Crippen molar-refractivity contribution in [1.29, 1.82) is 0 Å². The Morgan fingerprint density at radius 3 is 3.11 bits per heavy atom. The molecule has 19 heavy (non-hydrogen) atoms. The van der Waals surface area contributed by atoms with Crippen LogP contribution in [-0.4, -0.2) is 40.7 Å². The second-order valence-electron chi connectivity index (χ2n) is 5.32. The molecule has 1 atom stereocenters. The maximum atomic E-state index is 12.1. The predicted molar refractivity (Wildman–Crippen MR) is 74.3 cm³/mol. The molecule has 0 spiro atoms. The number of piperidine rings is 1. The molecular weight excluding hydrogens is 266 g/mol. The highest BCUT2D eigenvalue weighted by molar-refractivity contribution is 6.30. The lowest BCUT2D eigenvalue weighted by atomic mass is 9.83. The number of rotatable bonds is 2. The van der Waals surface area contributed by atoms with Gasteiger partial charge in [-0.2, -0.15) is 0 Å². The molecule has 0 radical (unpaired) electrons. The normalized spacial score (nSPS) is 23.2. The Balaban J connectivity index is 2.00. The van der Waals surface area contributed by atoms with Crippen molar-refractivity contribution in [2.75, 3.05) is 25.0 Å². The van der Waals surface area contributed by atoms with E-state index in [2.05, 4.69) is 10.3 Å². The topological polar surface area (TPSA) is 65.5 Å². The van der Waals surface area contributed by atoms with E-state index < -0.39 is 0 Å². The van der Waals surface area contributed by atoms with Gasteiger partial charge < -0.3 is 15.3 Å². The number of aliphatic hydroxyl groups excluding tert-OH is 1. The average molecular weight is 284 g/mol. The van der Waals surface area contributed by atoms with Crippen LogP contribution < -0.4 is 5.32 Å². The van der Waals surface area contributed by atoms with Gasteiger partial charge in [0.15, 0.2) is 0 Å². The molecule has 0 aliphatic carbocycles. The predicted octanol–water partition coefficient (Wildman–Crippen LogP) is 2.36. The number of halogens is 1. The summed E-state index contributed by atoms with van der Waals surface area (Å²) in [4.78, 5) is 17.8. The first-order valence-electron chi connectivity index (χ1n) is 6.30. The fourth-order valence-electron chi connectivity index (χ4n) is 2.30. The molecule has 2 rings (SSSR count). The molecule has 2 amide bonds. The Morgan fingerprint density at radius 1 is 1.63 bits per heavy atom. The quantitative estimate of drug-likeness (QED) is 0.876. The van der Waals surface area contributed by atoms with Crippen molar-refractivity contribution < 1.29 is 9.90 Å². The van der Waals surface area contributed by atoms with E-state index in [1.165, 1.54) is 6.20 Å². The molecule has 104 valence electrons. The van der Waals surface area contributed by atoms with Crippen molar-refractivity contribution in [3.8, 4) is 0 Å². The maximum Gasteiger partial charge on any atom is 0.321 e. The highest BCUT2D eigenvalue weighted by Crippen LogP contribution is 2.29. The molecule has 6 heteroatoms. The largest absolute Gasteiger partial charge is 0.396 e. The Morgan fingerprint density at radius 2 is 2.42 bits per heavy atom. The lowest BCUT2D eigenvalue weighted by molar-refractivity contribution is 0.0648. The number of carbonyl (C=O) groups is 1. The first-order valence-corrected chi connectivity index (χ1v) is 6.68. The second-order valence-corrected chi connectivity index (χ2v) is 5.75. The van der Waals surface area contributed by atoms with Gasteiger partial charge in [-0.05, 0) is 18.9 Å². The van der Waals surface area contributed by atoms with Crippen LogP contribution in [-0.2, 0) is 0 Å². The summed E-state index contributed by atoms with van der Waals surface area (Å²) in [5, 5.41) is 12.6. The molecule has 1 aromatic rings. The van der Waals surface area contributed by atoms with Gasteiger partial charge in [0.05, 0.1) is 23.5 Å². The third kappa shape index (κ3) is 3.58. The van der Waals surface area contributed by atoms with E-state index in [9.17, 15) is 9.90 Å². The Kier molecular flexibility index (Phi) is 4.27. The van der Waals surface area contributed by atoms with Gasteiger partial charge in [-0.15, -0.1) is 0 Å². The number of hydrogen-bond acceptors (Lipinski definition) is 3. The highest BCUT2D eigenvalue weighted by atomic mass is 35.5. The summed E-state index contributed by atoms with van der Waals surface area (Å²) < 4.78 is 0. The van der Waals surface area contributed by atoms with Crippen LogP contribution in [0.1, 0.15) is 19.8 Å². The first-order chi connectivity index (χ1) is 9.02. The van der Waals surface area contributed by atoms with Gasteiger partial charge in [-0.3, -0.25) is 4.98 Å². The molecule has 2 N–H and O–H groups in total. The number of carbonyl (C=O) groups excluding carboxylic acids is 1. The number of pyridine rings is 1. The van der Waals surface area contributed by atoms with Crippen molar-refractivity contribution >= 4 is 23.3 Å². The van der Waals surface area contributed by atoms with Gasteiger partial charge in [-0.25, -0.2) is 4.79 Å². The van der Waals surface area contributed by atoms with Gasteiger partial charge in [0.2, 0.25) is 0 Å². The Bertz CT molecular complexity index is 469. The number of aliphatic hydroxyl groups is 1. The maximum absolute atomic E-state index is 12.1. The van der Waals surface area contributed by atoms with Crippen molar-refractivity contribution in [3.05, 3.63) is 23.5 Å². The standard InChI is InChI=1S/C13H18ClN3O2/c1-13(9-18)3-2-4-17(8-13)12(19)16-11-5-10(14)6-15-7-11/h5-7,18H,2-4,8-9H2,1H3,(H,16,19). The summed E-state index contributed by atoms with van der Waals surface area (Å²) in [6.45, 7) is 3.35. The van der Waals surface area contributed by atoms with Gasteiger partial charge in [0, 0.05) is 24.7 Å². The number of urea groups is 1. The van der Waals surface area contributed by atoms with Crippen LogP contribution in [0, 0.1) is 5.41 Å². The summed E-state index contributed by atoms with van der Waals surface area (Å²) in [6, 6.07) is 1.48. The SMILES string of the molecule is CC1(CO)CCCN(C(=O)Nc2cncc(Cl)c2)C1. The fourth-order valence-corrected chi connectivity index (χ4v) is 2.47. The first kappa shape index (κ1) is 14.1. The molecule has 0 aromatic carbocycles. The van der Waals surface area contributed by atoms with Crippen molar-refractivity contribution in [1.82, 2.24) is 9.88 Å². The number of hydrogen-bond donors (Lipinski definition) is 2. The van der Waals surface area contributed by atoms with Crippen LogP contribution >= 0.6 is 11.6 Å². The van der Waals surface area contributed by atoms with Gasteiger partial charge in [0.25, 0.3) is 0 Å². The highest BCUT2D eigenvalue weighted by Gasteiger charge is 2.32. The monoisotopic (exact) mass is 283 g/mol. The summed E-state index contributed by atoms with van der Waals surface area (Å²) in [6.07, 6.45) is 4.91. The number of aromatic nitrogens is 1. The molecule has 0 bridgehead atoms. The molecule has 1 aliphatic rings. The van der Waals surface area contributed by atoms with Crippen LogP contribution in [0.2, 0.25) is 5.02 Å². The summed E-state index contributed by atoms with van der Waals surface area (Å²) in [5.74, 6) is 0. The van der Waals surface area contributed by atoms with E-state index in [0.29, 0.717) is 23.8 Å². The molecule has 5 nitrogen and oxygen atoms in total. The molecule has 1 aromatic heterocycles. The zero-order chi connectivity index (χ0) is 13.9. The third-order valence-corrected chi connectivity index (χ3v) is 3.61. The van der Waals surface area contributed by atoms with Gasteiger partial charge in [0.1, 0.15) is 0 Å². The van der Waals surface area contributed by atoms with Gasteiger partial charge >= 0.3 is 6.03 Å². The lowest BCUT2D eigenvalue weighted by Crippen LogP contribution is -2.47.